The van der Waals surface area contributed by atoms with Gasteiger partial charge in [0.1, 0.15) is 0 Å². The standard InChI is InChI=1S/C11H12FNO4/c12-9-6(1-2-8(14)10(9)15)7-3-5(4-13-7)11(16)17/h1-2,5,7,13-15H,3-4H2,(H,16,17). The summed E-state index contributed by atoms with van der Waals surface area (Å²) in [5.41, 5.74) is 0.170. The molecule has 0 aliphatic carbocycles. The molecule has 1 aliphatic heterocycles. The number of hydrogen-bond donors (Lipinski definition) is 4. The van der Waals surface area contributed by atoms with Crippen molar-refractivity contribution in [1.82, 2.24) is 5.32 Å². The Morgan fingerprint density at radius 3 is 2.71 bits per heavy atom. The molecule has 17 heavy (non-hydrogen) atoms. The van der Waals surface area contributed by atoms with Crippen molar-refractivity contribution < 1.29 is 24.5 Å². The molecule has 0 aromatic heterocycles. The number of rotatable bonds is 2. The van der Waals surface area contributed by atoms with Crippen molar-refractivity contribution in [2.24, 2.45) is 5.92 Å². The highest BCUT2D eigenvalue weighted by Crippen LogP contribution is 2.36. The summed E-state index contributed by atoms with van der Waals surface area (Å²) in [6.45, 7) is 0.265. The van der Waals surface area contributed by atoms with Crippen LogP contribution < -0.4 is 5.32 Å². The molecule has 6 heteroatoms. The van der Waals surface area contributed by atoms with Crippen molar-refractivity contribution in [1.29, 1.82) is 0 Å². The molecular weight excluding hydrogens is 229 g/mol. The molecule has 0 amide bonds. The van der Waals surface area contributed by atoms with Gasteiger partial charge in [-0.2, -0.15) is 0 Å². The van der Waals surface area contributed by atoms with Gasteiger partial charge in [0, 0.05) is 18.2 Å². The first-order valence-corrected chi connectivity index (χ1v) is 5.17. The number of aromatic hydroxyl groups is 2. The molecule has 2 rings (SSSR count). The zero-order valence-corrected chi connectivity index (χ0v) is 8.85. The van der Waals surface area contributed by atoms with E-state index in [-0.39, 0.29) is 18.5 Å². The average Bonchev–Trinajstić information content (AvgIpc) is 2.75. The van der Waals surface area contributed by atoms with Gasteiger partial charge >= 0.3 is 5.97 Å². The molecule has 0 radical (unpaired) electrons. The minimum atomic E-state index is -0.927. The van der Waals surface area contributed by atoms with Gasteiger partial charge in [0.25, 0.3) is 0 Å². The number of phenols is 2. The van der Waals surface area contributed by atoms with Crippen molar-refractivity contribution in [3.8, 4) is 11.5 Å². The first-order chi connectivity index (χ1) is 8.00. The molecule has 1 aromatic carbocycles. The number of phenolic OH excluding ortho intramolecular Hbond substituents is 2. The lowest BCUT2D eigenvalue weighted by molar-refractivity contribution is -0.141. The van der Waals surface area contributed by atoms with Crippen molar-refractivity contribution in [3.05, 3.63) is 23.5 Å². The molecule has 5 nitrogen and oxygen atoms in total. The minimum absolute atomic E-state index is 0.170. The number of nitrogens with one attached hydrogen (secondary N) is 1. The quantitative estimate of drug-likeness (QED) is 0.579. The van der Waals surface area contributed by atoms with E-state index in [4.69, 9.17) is 10.2 Å². The summed E-state index contributed by atoms with van der Waals surface area (Å²) in [6, 6.07) is 2.07. The second kappa shape index (κ2) is 4.21. The summed E-state index contributed by atoms with van der Waals surface area (Å²) in [5.74, 6) is -3.73. The van der Waals surface area contributed by atoms with Crippen molar-refractivity contribution in [2.45, 2.75) is 12.5 Å². The third kappa shape index (κ3) is 2.03. The Kier molecular flexibility index (Phi) is 2.89. The van der Waals surface area contributed by atoms with Crippen molar-refractivity contribution >= 4 is 5.97 Å². The Bertz CT molecular complexity index is 463. The van der Waals surface area contributed by atoms with Gasteiger partial charge in [0.15, 0.2) is 17.3 Å². The Balaban J connectivity index is 2.25. The SMILES string of the molecule is O=C(O)C1CNC(c2ccc(O)c(O)c2F)C1. The molecule has 0 bridgehead atoms. The summed E-state index contributed by atoms with van der Waals surface area (Å²) in [4.78, 5) is 10.8. The van der Waals surface area contributed by atoms with Gasteiger partial charge in [0.05, 0.1) is 5.92 Å². The van der Waals surface area contributed by atoms with Crippen LogP contribution in [-0.4, -0.2) is 27.8 Å². The largest absolute Gasteiger partial charge is 0.504 e. The van der Waals surface area contributed by atoms with E-state index in [1.807, 2.05) is 0 Å². The van der Waals surface area contributed by atoms with Crippen LogP contribution in [0.1, 0.15) is 18.0 Å². The lowest BCUT2D eigenvalue weighted by atomic mass is 9.99. The third-order valence-corrected chi connectivity index (χ3v) is 2.98. The molecule has 1 aliphatic rings. The van der Waals surface area contributed by atoms with Crippen LogP contribution in [0, 0.1) is 11.7 Å². The summed E-state index contributed by atoms with van der Waals surface area (Å²) in [7, 11) is 0. The van der Waals surface area contributed by atoms with Crippen LogP contribution in [0.4, 0.5) is 4.39 Å². The Hall–Kier alpha value is -1.82. The maximum absolute atomic E-state index is 13.6. The summed E-state index contributed by atoms with van der Waals surface area (Å²) < 4.78 is 13.6. The lowest BCUT2D eigenvalue weighted by Crippen LogP contribution is -2.17. The second-order valence-electron chi connectivity index (χ2n) is 4.07. The fourth-order valence-corrected chi connectivity index (χ4v) is 2.00. The predicted octanol–water partition coefficient (Wildman–Crippen LogP) is 0.972. The maximum atomic E-state index is 13.6. The molecular formula is C11H12FNO4. The van der Waals surface area contributed by atoms with E-state index >= 15 is 0 Å². The predicted molar refractivity (Wildman–Crippen MR) is 56.2 cm³/mol. The number of hydrogen-bond acceptors (Lipinski definition) is 4. The van der Waals surface area contributed by atoms with Gasteiger partial charge in [0.2, 0.25) is 0 Å². The fourth-order valence-electron chi connectivity index (χ4n) is 2.00. The van der Waals surface area contributed by atoms with Crippen LogP contribution >= 0.6 is 0 Å². The highest BCUT2D eigenvalue weighted by Gasteiger charge is 2.32. The summed E-state index contributed by atoms with van der Waals surface area (Å²) in [6.07, 6.45) is 0.260. The highest BCUT2D eigenvalue weighted by molar-refractivity contribution is 5.70. The van der Waals surface area contributed by atoms with Crippen molar-refractivity contribution in [3.63, 3.8) is 0 Å². The van der Waals surface area contributed by atoms with Crippen LogP contribution in [0.15, 0.2) is 12.1 Å². The van der Waals surface area contributed by atoms with Crippen LogP contribution in [0.2, 0.25) is 0 Å². The van der Waals surface area contributed by atoms with E-state index in [2.05, 4.69) is 5.32 Å². The number of carbonyl (C=O) groups is 1. The smallest absolute Gasteiger partial charge is 0.307 e. The molecule has 4 N–H and O–H groups in total. The van der Waals surface area contributed by atoms with Gasteiger partial charge in [-0.25, -0.2) is 4.39 Å². The molecule has 0 spiro atoms. The van der Waals surface area contributed by atoms with Gasteiger partial charge in [-0.15, -0.1) is 0 Å². The minimum Gasteiger partial charge on any atom is -0.504 e. The van der Waals surface area contributed by atoms with Crippen LogP contribution in [0.3, 0.4) is 0 Å². The molecule has 1 aromatic rings. The molecule has 92 valence electrons. The summed E-state index contributed by atoms with van der Waals surface area (Å²) in [5, 5.41) is 30.1. The molecule has 0 saturated carbocycles. The lowest BCUT2D eigenvalue weighted by Gasteiger charge is -2.13. The van der Waals surface area contributed by atoms with Gasteiger partial charge < -0.3 is 20.6 Å². The van der Waals surface area contributed by atoms with E-state index in [0.29, 0.717) is 0 Å². The van der Waals surface area contributed by atoms with Crippen molar-refractivity contribution in [2.75, 3.05) is 6.54 Å². The maximum Gasteiger partial charge on any atom is 0.307 e. The van der Waals surface area contributed by atoms with Crippen LogP contribution in [0.25, 0.3) is 0 Å². The third-order valence-electron chi connectivity index (χ3n) is 2.98. The number of benzene rings is 1. The average molecular weight is 241 g/mol. The van der Waals surface area contributed by atoms with Crippen LogP contribution in [0.5, 0.6) is 11.5 Å². The van der Waals surface area contributed by atoms with Gasteiger partial charge in [-0.05, 0) is 12.5 Å². The first kappa shape index (κ1) is 11.7. The fraction of sp³-hybridized carbons (Fsp3) is 0.364. The second-order valence-corrected chi connectivity index (χ2v) is 4.07. The molecule has 1 saturated heterocycles. The molecule has 2 unspecified atom stereocenters. The Morgan fingerprint density at radius 1 is 1.41 bits per heavy atom. The number of aliphatic carboxylic acids is 1. The zero-order chi connectivity index (χ0) is 12.6. The number of carboxylic acid groups (broad SMARTS) is 1. The topological polar surface area (TPSA) is 89.8 Å². The molecule has 1 heterocycles. The zero-order valence-electron chi connectivity index (χ0n) is 8.85. The molecule has 1 fully saturated rings. The highest BCUT2D eigenvalue weighted by atomic mass is 19.1. The first-order valence-electron chi connectivity index (χ1n) is 5.17. The number of halogens is 1. The molecule has 2 atom stereocenters. The van der Waals surface area contributed by atoms with E-state index in [0.717, 1.165) is 0 Å². The normalized spacial score (nSPS) is 23.8. The van der Waals surface area contributed by atoms with E-state index in [9.17, 15) is 14.3 Å². The van der Waals surface area contributed by atoms with E-state index in [1.165, 1.54) is 12.1 Å². The van der Waals surface area contributed by atoms with Gasteiger partial charge in [-0.1, -0.05) is 6.07 Å². The van der Waals surface area contributed by atoms with Crippen LogP contribution in [-0.2, 0) is 4.79 Å². The van der Waals surface area contributed by atoms with E-state index < -0.39 is 35.2 Å². The number of carboxylic acids is 1. The Labute approximate surface area is 96.5 Å². The van der Waals surface area contributed by atoms with E-state index in [1.54, 1.807) is 0 Å². The van der Waals surface area contributed by atoms with Gasteiger partial charge in [-0.3, -0.25) is 4.79 Å². The Morgan fingerprint density at radius 2 is 2.12 bits per heavy atom. The monoisotopic (exact) mass is 241 g/mol. The summed E-state index contributed by atoms with van der Waals surface area (Å²) >= 11 is 0.